The van der Waals surface area contributed by atoms with Crippen LogP contribution in [0.4, 0.5) is 5.69 Å². The van der Waals surface area contributed by atoms with E-state index < -0.39 is 0 Å². The van der Waals surface area contributed by atoms with Gasteiger partial charge in [0.25, 0.3) is 5.56 Å². The largest absolute Gasteiger partial charge is 0.456 e. The van der Waals surface area contributed by atoms with Gasteiger partial charge in [0.15, 0.2) is 0 Å². The van der Waals surface area contributed by atoms with Crippen molar-refractivity contribution in [2.45, 2.75) is 6.54 Å². The summed E-state index contributed by atoms with van der Waals surface area (Å²) in [4.78, 5) is 18.7. The maximum atomic E-state index is 11.9. The van der Waals surface area contributed by atoms with Gasteiger partial charge in [-0.3, -0.25) is 9.78 Å². The molecule has 2 N–H and O–H groups in total. The zero-order valence-electron chi connectivity index (χ0n) is 14.0. The molecule has 0 spiro atoms. The number of rotatable bonds is 5. The Bertz CT molecular complexity index is 1090. The SMILES string of the molecule is O=c1cc(Oc2cccc(NCc3ccncc3)c2)c2ccccc2[nH]1. The second kappa shape index (κ2) is 7.11. The molecule has 0 fully saturated rings. The van der Waals surface area contributed by atoms with Crippen molar-refractivity contribution in [1.82, 2.24) is 9.97 Å². The van der Waals surface area contributed by atoms with Crippen LogP contribution in [-0.4, -0.2) is 9.97 Å². The summed E-state index contributed by atoms with van der Waals surface area (Å²) in [6.07, 6.45) is 3.54. The van der Waals surface area contributed by atoms with Crippen LogP contribution >= 0.6 is 0 Å². The maximum absolute atomic E-state index is 11.9. The number of nitrogens with zero attached hydrogens (tertiary/aromatic N) is 1. The minimum atomic E-state index is -0.189. The van der Waals surface area contributed by atoms with Gasteiger partial charge in [-0.05, 0) is 42.0 Å². The van der Waals surface area contributed by atoms with Crippen molar-refractivity contribution in [3.63, 3.8) is 0 Å². The van der Waals surface area contributed by atoms with E-state index >= 15 is 0 Å². The van der Waals surface area contributed by atoms with Gasteiger partial charge in [-0.15, -0.1) is 0 Å². The van der Waals surface area contributed by atoms with Crippen LogP contribution in [0.15, 0.2) is 83.9 Å². The van der Waals surface area contributed by atoms with Crippen LogP contribution in [0.3, 0.4) is 0 Å². The second-order valence-corrected chi connectivity index (χ2v) is 5.88. The van der Waals surface area contributed by atoms with Crippen LogP contribution in [0.2, 0.25) is 0 Å². The smallest absolute Gasteiger partial charge is 0.252 e. The van der Waals surface area contributed by atoms with Crippen molar-refractivity contribution in [2.75, 3.05) is 5.32 Å². The molecule has 2 heterocycles. The van der Waals surface area contributed by atoms with Gasteiger partial charge in [0, 0.05) is 42.1 Å². The van der Waals surface area contributed by atoms with E-state index in [-0.39, 0.29) is 5.56 Å². The summed E-state index contributed by atoms with van der Waals surface area (Å²) in [5.74, 6) is 1.20. The molecule has 2 aromatic heterocycles. The van der Waals surface area contributed by atoms with E-state index in [0.29, 0.717) is 18.0 Å². The molecule has 0 aliphatic rings. The third-order valence-electron chi connectivity index (χ3n) is 4.02. The Balaban J connectivity index is 1.57. The third-order valence-corrected chi connectivity index (χ3v) is 4.02. The first-order valence-electron chi connectivity index (χ1n) is 8.31. The Morgan fingerprint density at radius 2 is 1.81 bits per heavy atom. The fraction of sp³-hybridized carbons (Fsp3) is 0.0476. The summed E-state index contributed by atoms with van der Waals surface area (Å²) in [5.41, 5.74) is 2.65. The molecule has 4 aromatic rings. The van der Waals surface area contributed by atoms with E-state index in [1.165, 1.54) is 6.07 Å². The Hall–Kier alpha value is -3.60. The molecule has 0 amide bonds. The molecule has 0 atom stereocenters. The summed E-state index contributed by atoms with van der Waals surface area (Å²) >= 11 is 0. The fourth-order valence-corrected chi connectivity index (χ4v) is 2.76. The van der Waals surface area contributed by atoms with Gasteiger partial charge in [0.2, 0.25) is 0 Å². The van der Waals surface area contributed by atoms with Crippen LogP contribution in [0.25, 0.3) is 10.9 Å². The molecule has 128 valence electrons. The second-order valence-electron chi connectivity index (χ2n) is 5.88. The zero-order chi connectivity index (χ0) is 17.8. The van der Waals surface area contributed by atoms with Crippen LogP contribution in [0.5, 0.6) is 11.5 Å². The maximum Gasteiger partial charge on any atom is 0.252 e. The highest BCUT2D eigenvalue weighted by Crippen LogP contribution is 2.28. The average Bonchev–Trinajstić information content (AvgIpc) is 2.67. The molecule has 0 unspecified atom stereocenters. The normalized spacial score (nSPS) is 10.6. The third kappa shape index (κ3) is 3.57. The van der Waals surface area contributed by atoms with Crippen molar-refractivity contribution in [2.24, 2.45) is 0 Å². The van der Waals surface area contributed by atoms with Crippen molar-refractivity contribution < 1.29 is 4.74 Å². The van der Waals surface area contributed by atoms with Crippen molar-refractivity contribution in [3.05, 3.63) is 95.0 Å². The van der Waals surface area contributed by atoms with Gasteiger partial charge >= 0.3 is 0 Å². The monoisotopic (exact) mass is 343 g/mol. The van der Waals surface area contributed by atoms with Gasteiger partial charge < -0.3 is 15.0 Å². The number of anilines is 1. The molecule has 5 nitrogen and oxygen atoms in total. The van der Waals surface area contributed by atoms with Crippen LogP contribution < -0.4 is 15.6 Å². The van der Waals surface area contributed by atoms with E-state index in [9.17, 15) is 4.79 Å². The summed E-state index contributed by atoms with van der Waals surface area (Å²) in [6, 6.07) is 20.7. The summed E-state index contributed by atoms with van der Waals surface area (Å²) in [6.45, 7) is 0.694. The number of benzene rings is 2. The molecular weight excluding hydrogens is 326 g/mol. The number of pyridine rings is 2. The van der Waals surface area contributed by atoms with E-state index in [2.05, 4.69) is 15.3 Å². The van der Waals surface area contributed by atoms with Crippen molar-refractivity contribution in [1.29, 1.82) is 0 Å². The molecule has 0 saturated carbocycles. The number of H-pyrrole nitrogens is 1. The lowest BCUT2D eigenvalue weighted by molar-refractivity contribution is 0.487. The molecule has 4 rings (SSSR count). The fourth-order valence-electron chi connectivity index (χ4n) is 2.76. The number of hydrogen-bond donors (Lipinski definition) is 2. The van der Waals surface area contributed by atoms with Crippen LogP contribution in [-0.2, 0) is 6.54 Å². The Morgan fingerprint density at radius 3 is 2.69 bits per heavy atom. The Morgan fingerprint density at radius 1 is 0.962 bits per heavy atom. The quantitative estimate of drug-likeness (QED) is 0.566. The zero-order valence-corrected chi connectivity index (χ0v) is 14.0. The molecule has 0 radical (unpaired) electrons. The number of aromatic amines is 1. The van der Waals surface area contributed by atoms with E-state index in [1.807, 2.05) is 60.7 Å². The summed E-state index contributed by atoms with van der Waals surface area (Å²) < 4.78 is 6.00. The Labute approximate surface area is 150 Å². The number of ether oxygens (including phenoxy) is 1. The highest BCUT2D eigenvalue weighted by molar-refractivity contribution is 5.84. The number of aromatic nitrogens is 2. The van der Waals surface area contributed by atoms with Gasteiger partial charge in [-0.25, -0.2) is 0 Å². The molecule has 0 saturated heterocycles. The number of fused-ring (bicyclic) bond motifs is 1. The van der Waals surface area contributed by atoms with Gasteiger partial charge in [-0.2, -0.15) is 0 Å². The number of para-hydroxylation sites is 1. The first-order chi connectivity index (χ1) is 12.8. The topological polar surface area (TPSA) is 67.0 Å². The van der Waals surface area contributed by atoms with E-state index in [1.54, 1.807) is 12.4 Å². The molecule has 0 aliphatic heterocycles. The molecule has 2 aromatic carbocycles. The van der Waals surface area contributed by atoms with Crippen molar-refractivity contribution >= 4 is 16.6 Å². The Kier molecular flexibility index (Phi) is 4.35. The first kappa shape index (κ1) is 15.9. The first-order valence-corrected chi connectivity index (χ1v) is 8.31. The summed E-state index contributed by atoms with van der Waals surface area (Å²) in [7, 11) is 0. The highest BCUT2D eigenvalue weighted by Gasteiger charge is 2.06. The minimum Gasteiger partial charge on any atom is -0.456 e. The minimum absolute atomic E-state index is 0.189. The van der Waals surface area contributed by atoms with Gasteiger partial charge in [0.1, 0.15) is 11.5 Å². The van der Waals surface area contributed by atoms with Crippen molar-refractivity contribution in [3.8, 4) is 11.5 Å². The lowest BCUT2D eigenvalue weighted by atomic mass is 10.2. The molecule has 0 bridgehead atoms. The summed E-state index contributed by atoms with van der Waals surface area (Å²) in [5, 5.41) is 4.22. The molecule has 26 heavy (non-hydrogen) atoms. The van der Waals surface area contributed by atoms with E-state index in [4.69, 9.17) is 4.74 Å². The molecule has 0 aliphatic carbocycles. The van der Waals surface area contributed by atoms with Gasteiger partial charge in [0.05, 0.1) is 5.52 Å². The number of hydrogen-bond acceptors (Lipinski definition) is 4. The predicted molar refractivity (Wildman–Crippen MR) is 103 cm³/mol. The van der Waals surface area contributed by atoms with E-state index in [0.717, 1.165) is 22.2 Å². The molecule has 5 heteroatoms. The lowest BCUT2D eigenvalue weighted by Crippen LogP contribution is -2.04. The standard InChI is InChI=1S/C21H17N3O2/c25-21-13-20(18-6-1-2-7-19(18)24-21)26-17-5-3-4-16(12-17)23-14-15-8-10-22-11-9-15/h1-13,23H,14H2,(H,24,25). The van der Waals surface area contributed by atoms with Crippen LogP contribution in [0, 0.1) is 0 Å². The number of nitrogens with one attached hydrogen (secondary N) is 2. The highest BCUT2D eigenvalue weighted by atomic mass is 16.5. The van der Waals surface area contributed by atoms with Crippen LogP contribution in [0.1, 0.15) is 5.56 Å². The predicted octanol–water partition coefficient (Wildman–Crippen LogP) is 4.33. The average molecular weight is 343 g/mol. The lowest BCUT2D eigenvalue weighted by Gasteiger charge is -2.11. The van der Waals surface area contributed by atoms with Gasteiger partial charge in [-0.1, -0.05) is 18.2 Å². The molecular formula is C21H17N3O2.